The predicted molar refractivity (Wildman–Crippen MR) is 80.8 cm³/mol. The third-order valence-corrected chi connectivity index (χ3v) is 4.39. The number of piperidine rings is 1. The zero-order valence-corrected chi connectivity index (χ0v) is 12.1. The molecule has 0 aromatic heterocycles. The number of para-hydroxylation sites is 1. The number of carbonyl (C=O) groups excluding carboxylic acids is 1. The van der Waals surface area contributed by atoms with E-state index in [4.69, 9.17) is 0 Å². The lowest BCUT2D eigenvalue weighted by Crippen LogP contribution is -2.51. The summed E-state index contributed by atoms with van der Waals surface area (Å²) in [6.45, 7) is 5.40. The zero-order valence-electron chi connectivity index (χ0n) is 12.1. The highest BCUT2D eigenvalue weighted by Crippen LogP contribution is 2.25. The molecule has 1 saturated heterocycles. The maximum atomic E-state index is 12.4. The molecule has 0 aliphatic carbocycles. The molecule has 1 aromatic rings. The van der Waals surface area contributed by atoms with E-state index >= 15 is 0 Å². The van der Waals surface area contributed by atoms with Crippen molar-refractivity contribution in [2.75, 3.05) is 25.0 Å². The van der Waals surface area contributed by atoms with Gasteiger partial charge in [-0.05, 0) is 37.6 Å². The number of carbonyl (C=O) groups is 1. The lowest BCUT2D eigenvalue weighted by Gasteiger charge is -2.32. The van der Waals surface area contributed by atoms with Crippen molar-refractivity contribution in [1.82, 2.24) is 10.2 Å². The fourth-order valence-electron chi connectivity index (χ4n) is 3.22. The minimum Gasteiger partial charge on any atom is -0.373 e. The summed E-state index contributed by atoms with van der Waals surface area (Å²) in [5.74, 6) is 0.143. The van der Waals surface area contributed by atoms with Gasteiger partial charge < -0.3 is 15.5 Å². The van der Waals surface area contributed by atoms with Crippen LogP contribution in [0, 0.1) is 0 Å². The highest BCUT2D eigenvalue weighted by atomic mass is 16.2. The average Bonchev–Trinajstić information content (AvgIpc) is 2.91. The summed E-state index contributed by atoms with van der Waals surface area (Å²) in [7, 11) is 0. The highest BCUT2D eigenvalue weighted by Gasteiger charge is 2.28. The van der Waals surface area contributed by atoms with Gasteiger partial charge in [-0.15, -0.1) is 0 Å². The Morgan fingerprint density at radius 1 is 1.45 bits per heavy atom. The van der Waals surface area contributed by atoms with Gasteiger partial charge in [0.15, 0.2) is 0 Å². The summed E-state index contributed by atoms with van der Waals surface area (Å²) < 4.78 is 0. The Bertz CT molecular complexity index is 463. The van der Waals surface area contributed by atoms with Gasteiger partial charge in [-0.3, -0.25) is 4.79 Å². The van der Waals surface area contributed by atoms with Crippen LogP contribution in [0.3, 0.4) is 0 Å². The van der Waals surface area contributed by atoms with Gasteiger partial charge in [-0.25, -0.2) is 0 Å². The molecule has 3 rings (SSSR count). The van der Waals surface area contributed by atoms with Crippen LogP contribution in [0.1, 0.15) is 25.3 Å². The van der Waals surface area contributed by atoms with Gasteiger partial charge in [-0.1, -0.05) is 25.1 Å². The summed E-state index contributed by atoms with van der Waals surface area (Å²) in [5.41, 5.74) is 2.35. The van der Waals surface area contributed by atoms with Crippen LogP contribution in [0.5, 0.6) is 0 Å². The normalized spacial score (nSPS) is 25.9. The van der Waals surface area contributed by atoms with Crippen molar-refractivity contribution in [3.63, 3.8) is 0 Å². The van der Waals surface area contributed by atoms with E-state index in [0.29, 0.717) is 6.04 Å². The lowest BCUT2D eigenvalue weighted by molar-refractivity contribution is -0.122. The van der Waals surface area contributed by atoms with Gasteiger partial charge in [0.05, 0.1) is 0 Å². The average molecular weight is 273 g/mol. The van der Waals surface area contributed by atoms with Crippen LogP contribution < -0.4 is 10.6 Å². The van der Waals surface area contributed by atoms with Crippen molar-refractivity contribution in [2.45, 2.75) is 38.3 Å². The Morgan fingerprint density at radius 2 is 2.30 bits per heavy atom. The molecule has 0 saturated carbocycles. The second kappa shape index (κ2) is 5.83. The smallest absolute Gasteiger partial charge is 0.243 e. The number of likely N-dealkylation sites (tertiary alicyclic amines) is 1. The Hall–Kier alpha value is -1.55. The van der Waals surface area contributed by atoms with Gasteiger partial charge in [0.1, 0.15) is 6.04 Å². The number of fused-ring (bicyclic) bond motifs is 1. The number of amides is 1. The van der Waals surface area contributed by atoms with E-state index in [-0.39, 0.29) is 11.9 Å². The van der Waals surface area contributed by atoms with E-state index in [1.807, 2.05) is 18.2 Å². The maximum Gasteiger partial charge on any atom is 0.243 e. The maximum absolute atomic E-state index is 12.4. The largest absolute Gasteiger partial charge is 0.373 e. The molecular weight excluding hydrogens is 250 g/mol. The van der Waals surface area contributed by atoms with Crippen molar-refractivity contribution in [3.05, 3.63) is 29.8 Å². The van der Waals surface area contributed by atoms with Crippen LogP contribution in [-0.2, 0) is 11.2 Å². The Kier molecular flexibility index (Phi) is 3.92. The van der Waals surface area contributed by atoms with Crippen molar-refractivity contribution < 1.29 is 4.79 Å². The first-order valence-electron chi connectivity index (χ1n) is 7.63. The van der Waals surface area contributed by atoms with E-state index in [2.05, 4.69) is 28.5 Å². The van der Waals surface area contributed by atoms with Gasteiger partial charge in [0, 0.05) is 24.7 Å². The van der Waals surface area contributed by atoms with Crippen LogP contribution >= 0.6 is 0 Å². The first kappa shape index (κ1) is 13.4. The van der Waals surface area contributed by atoms with Crippen LogP contribution in [0.2, 0.25) is 0 Å². The van der Waals surface area contributed by atoms with E-state index in [1.54, 1.807) is 0 Å². The molecule has 1 fully saturated rings. The number of hydrogen-bond acceptors (Lipinski definition) is 3. The molecule has 0 bridgehead atoms. The molecule has 0 spiro atoms. The molecular formula is C16H23N3O. The number of nitrogens with one attached hydrogen (secondary N) is 2. The first-order chi connectivity index (χ1) is 9.76. The molecule has 1 amide bonds. The minimum absolute atomic E-state index is 0.107. The Balaban J connectivity index is 1.56. The standard InChI is InChI=1S/C16H23N3O/c1-2-19-9-5-7-13(11-19)17-16(20)15-10-12-6-3-4-8-14(12)18-15/h3-4,6,8,13,15,18H,2,5,7,9-11H2,1H3,(H,17,20). The molecule has 2 atom stereocenters. The Labute approximate surface area is 120 Å². The van der Waals surface area contributed by atoms with Crippen molar-refractivity contribution in [3.8, 4) is 0 Å². The number of anilines is 1. The van der Waals surface area contributed by atoms with Crippen LogP contribution in [0.15, 0.2) is 24.3 Å². The number of hydrogen-bond donors (Lipinski definition) is 2. The Morgan fingerprint density at radius 3 is 3.10 bits per heavy atom. The van der Waals surface area contributed by atoms with E-state index in [1.165, 1.54) is 12.0 Å². The molecule has 1 aromatic carbocycles. The van der Waals surface area contributed by atoms with E-state index in [0.717, 1.165) is 38.2 Å². The zero-order chi connectivity index (χ0) is 13.9. The summed E-state index contributed by atoms with van der Waals surface area (Å²) in [4.78, 5) is 14.8. The molecule has 2 aliphatic rings. The van der Waals surface area contributed by atoms with Gasteiger partial charge in [0.2, 0.25) is 5.91 Å². The second-order valence-electron chi connectivity index (χ2n) is 5.80. The van der Waals surface area contributed by atoms with Crippen molar-refractivity contribution in [1.29, 1.82) is 0 Å². The number of nitrogens with zero attached hydrogens (tertiary/aromatic N) is 1. The first-order valence-corrected chi connectivity index (χ1v) is 7.63. The number of benzene rings is 1. The van der Waals surface area contributed by atoms with Crippen molar-refractivity contribution >= 4 is 11.6 Å². The van der Waals surface area contributed by atoms with Gasteiger partial charge in [0.25, 0.3) is 0 Å². The molecule has 0 radical (unpaired) electrons. The fraction of sp³-hybridized carbons (Fsp3) is 0.562. The fourth-order valence-corrected chi connectivity index (χ4v) is 3.22. The third-order valence-electron chi connectivity index (χ3n) is 4.39. The quantitative estimate of drug-likeness (QED) is 0.879. The topological polar surface area (TPSA) is 44.4 Å². The summed E-state index contributed by atoms with van der Waals surface area (Å²) >= 11 is 0. The highest BCUT2D eigenvalue weighted by molar-refractivity contribution is 5.87. The summed E-state index contributed by atoms with van der Waals surface area (Å²) in [6, 6.07) is 8.37. The minimum atomic E-state index is -0.107. The van der Waals surface area contributed by atoms with E-state index in [9.17, 15) is 4.79 Å². The molecule has 2 aliphatic heterocycles. The molecule has 4 nitrogen and oxygen atoms in total. The third kappa shape index (κ3) is 2.80. The van der Waals surface area contributed by atoms with Crippen LogP contribution in [-0.4, -0.2) is 42.5 Å². The van der Waals surface area contributed by atoms with E-state index < -0.39 is 0 Å². The second-order valence-corrected chi connectivity index (χ2v) is 5.80. The van der Waals surface area contributed by atoms with Crippen LogP contribution in [0.4, 0.5) is 5.69 Å². The molecule has 4 heteroatoms. The number of likely N-dealkylation sites (N-methyl/N-ethyl adjacent to an activating group) is 1. The van der Waals surface area contributed by atoms with Gasteiger partial charge >= 0.3 is 0 Å². The summed E-state index contributed by atoms with van der Waals surface area (Å²) in [5, 5.41) is 6.54. The molecule has 108 valence electrons. The van der Waals surface area contributed by atoms with Crippen LogP contribution in [0.25, 0.3) is 0 Å². The summed E-state index contributed by atoms with van der Waals surface area (Å²) in [6.07, 6.45) is 3.07. The lowest BCUT2D eigenvalue weighted by atomic mass is 10.0. The SMILES string of the molecule is CCN1CCCC(NC(=O)C2Cc3ccccc3N2)C1. The molecule has 20 heavy (non-hydrogen) atoms. The van der Waals surface area contributed by atoms with Crippen molar-refractivity contribution in [2.24, 2.45) is 0 Å². The molecule has 2 N–H and O–H groups in total. The number of rotatable bonds is 3. The molecule has 2 unspecified atom stereocenters. The molecule has 2 heterocycles. The van der Waals surface area contributed by atoms with Gasteiger partial charge in [-0.2, -0.15) is 0 Å². The monoisotopic (exact) mass is 273 g/mol. The predicted octanol–water partition coefficient (Wildman–Crippen LogP) is 1.62.